The molecule has 4 saturated carbocycles. The van der Waals surface area contributed by atoms with E-state index in [2.05, 4.69) is 87.5 Å². The Balaban J connectivity index is 1.21. The van der Waals surface area contributed by atoms with Gasteiger partial charge in [0, 0.05) is 53.6 Å². The number of nitrogens with zero attached hydrogens (tertiary/aromatic N) is 2. The van der Waals surface area contributed by atoms with E-state index in [-0.39, 0.29) is 10.8 Å². The van der Waals surface area contributed by atoms with Crippen LogP contribution in [0.1, 0.15) is 144 Å². The zero-order valence-corrected chi connectivity index (χ0v) is 31.3. The summed E-state index contributed by atoms with van der Waals surface area (Å²) in [4.78, 5) is 2.85. The van der Waals surface area contributed by atoms with Crippen molar-refractivity contribution in [1.29, 1.82) is 0 Å². The van der Waals surface area contributed by atoms with Gasteiger partial charge in [0.15, 0.2) is 11.8 Å². The Bertz CT molecular complexity index is 1220. The second-order valence-electron chi connectivity index (χ2n) is 17.5. The first kappa shape index (κ1) is 34.6. The first-order chi connectivity index (χ1) is 22.2. The summed E-state index contributed by atoms with van der Waals surface area (Å²) in [6, 6.07) is 1.45. The monoisotopic (exact) mass is 648 g/mol. The molecular weight excluding hydrogens is 580 g/mol. The van der Waals surface area contributed by atoms with Crippen molar-refractivity contribution in [2.45, 2.75) is 156 Å². The summed E-state index contributed by atoms with van der Waals surface area (Å²) in [5.74, 6) is 5.36. The molecule has 0 aromatic heterocycles. The van der Waals surface area contributed by atoms with Gasteiger partial charge in [0.05, 0.1) is 5.41 Å². The molecule has 0 aromatic rings. The van der Waals surface area contributed by atoms with Gasteiger partial charge in [-0.2, -0.15) is 0 Å². The molecule has 0 aromatic carbocycles. The first-order valence-electron chi connectivity index (χ1n) is 20.0. The largest absolute Gasteiger partial charge is 0.371 e. The number of likely N-dealkylation sites (tertiary alicyclic amines) is 1. The Hall–Kier alpha value is -1.28. The lowest BCUT2D eigenvalue weighted by Gasteiger charge is -2.47. The molecule has 0 spiro atoms. The molecule has 0 bridgehead atoms. The van der Waals surface area contributed by atoms with Crippen LogP contribution in [0, 0.1) is 46.3 Å². The van der Waals surface area contributed by atoms with Crippen LogP contribution in [0.3, 0.4) is 0 Å². The maximum absolute atomic E-state index is 6.92. The summed E-state index contributed by atoms with van der Waals surface area (Å²) >= 11 is 6.92. The van der Waals surface area contributed by atoms with Crippen LogP contribution in [-0.2, 0) is 0 Å². The number of unbranched alkanes of at least 4 members (excludes halogenated alkanes) is 2. The van der Waals surface area contributed by atoms with Crippen molar-refractivity contribution < 1.29 is 4.58 Å². The van der Waals surface area contributed by atoms with Gasteiger partial charge in [-0.3, -0.25) is 0 Å². The molecule has 0 amide bonds. The molecule has 4 aliphatic carbocycles. The van der Waals surface area contributed by atoms with Gasteiger partial charge in [-0.25, -0.2) is 4.58 Å². The Morgan fingerprint density at radius 1 is 0.783 bits per heavy atom. The van der Waals surface area contributed by atoms with Crippen molar-refractivity contribution in [1.82, 2.24) is 4.90 Å². The van der Waals surface area contributed by atoms with Crippen LogP contribution >= 0.6 is 11.6 Å². The van der Waals surface area contributed by atoms with Gasteiger partial charge in [0.2, 0.25) is 0 Å². The summed E-state index contributed by atoms with van der Waals surface area (Å²) in [6.45, 7) is 17.3. The maximum Gasteiger partial charge on any atom is 0.182 e. The molecule has 2 heterocycles. The third-order valence-corrected chi connectivity index (χ3v) is 14.5. The van der Waals surface area contributed by atoms with E-state index in [1.54, 1.807) is 11.4 Å². The fourth-order valence-corrected chi connectivity index (χ4v) is 12.5. The summed E-state index contributed by atoms with van der Waals surface area (Å²) in [6.07, 6.45) is 36.1. The number of hydrogen-bond acceptors (Lipinski definition) is 1. The minimum absolute atomic E-state index is 0.223. The average Bonchev–Trinajstić information content (AvgIpc) is 3.41. The Kier molecular flexibility index (Phi) is 11.0. The second-order valence-corrected chi connectivity index (χ2v) is 17.9. The van der Waals surface area contributed by atoms with Crippen molar-refractivity contribution in [3.63, 3.8) is 0 Å². The molecule has 256 valence electrons. The lowest BCUT2D eigenvalue weighted by atomic mass is 9.57. The van der Waals surface area contributed by atoms with Crippen LogP contribution in [0.5, 0.6) is 0 Å². The number of allylic oxidation sites excluding steroid dienone is 8. The fourth-order valence-electron chi connectivity index (χ4n) is 12.4. The summed E-state index contributed by atoms with van der Waals surface area (Å²) < 4.78 is 2.85. The van der Waals surface area contributed by atoms with Gasteiger partial charge >= 0.3 is 0 Å². The zero-order chi connectivity index (χ0) is 32.5. The predicted octanol–water partition coefficient (Wildman–Crippen LogP) is 11.7. The normalized spacial score (nSPS) is 38.0. The molecule has 2 nitrogen and oxygen atoms in total. The maximum atomic E-state index is 6.92. The molecular formula is C43H68ClN2+. The van der Waals surface area contributed by atoms with Crippen LogP contribution in [0.2, 0.25) is 0 Å². The molecule has 5 fully saturated rings. The molecule has 8 atom stereocenters. The molecule has 0 radical (unpaired) electrons. The van der Waals surface area contributed by atoms with Crippen molar-refractivity contribution in [2.75, 3.05) is 13.1 Å². The molecule has 6 rings (SSSR count). The Morgan fingerprint density at radius 2 is 1.43 bits per heavy atom. The molecule has 0 N–H and O–H groups in total. The van der Waals surface area contributed by atoms with Crippen LogP contribution in [-0.4, -0.2) is 40.4 Å². The quantitative estimate of drug-likeness (QED) is 0.169. The summed E-state index contributed by atoms with van der Waals surface area (Å²) in [5.41, 5.74) is 3.58. The fraction of sp³-hybridized carbons (Fsp3) is 0.791. The van der Waals surface area contributed by atoms with E-state index in [1.165, 1.54) is 116 Å². The Labute approximate surface area is 288 Å². The van der Waals surface area contributed by atoms with E-state index < -0.39 is 0 Å². The zero-order valence-electron chi connectivity index (χ0n) is 30.6. The molecule has 3 heteroatoms. The van der Waals surface area contributed by atoms with Crippen LogP contribution in [0.15, 0.2) is 47.2 Å². The van der Waals surface area contributed by atoms with Crippen molar-refractivity contribution in [3.05, 3.63) is 47.2 Å². The van der Waals surface area contributed by atoms with Gasteiger partial charge in [0.25, 0.3) is 0 Å². The summed E-state index contributed by atoms with van der Waals surface area (Å²) in [5, 5.41) is 0.829. The Morgan fingerprint density at radius 3 is 2.13 bits per heavy atom. The van der Waals surface area contributed by atoms with Gasteiger partial charge in [-0.05, 0) is 100 Å². The first-order valence-corrected chi connectivity index (χ1v) is 20.4. The third kappa shape index (κ3) is 6.53. The molecule has 8 unspecified atom stereocenters. The predicted molar refractivity (Wildman–Crippen MR) is 198 cm³/mol. The number of rotatable bonds is 10. The lowest BCUT2D eigenvalue weighted by molar-refractivity contribution is -0.569. The van der Waals surface area contributed by atoms with Gasteiger partial charge in [-0.15, -0.1) is 0 Å². The topological polar surface area (TPSA) is 6.25 Å². The van der Waals surface area contributed by atoms with Gasteiger partial charge in [-0.1, -0.05) is 103 Å². The lowest BCUT2D eigenvalue weighted by Crippen LogP contribution is -2.46. The molecule has 46 heavy (non-hydrogen) atoms. The third-order valence-electron chi connectivity index (χ3n) is 14.3. The van der Waals surface area contributed by atoms with Gasteiger partial charge in [0.1, 0.15) is 6.54 Å². The number of halogens is 1. The SMILES string of the molecule is CCCCN1/C(=C/C=C/C(Cl)=C/C=C/C2=[N+](CCCC)C3CCC4CCCCC4C3C2(C)C)C(C)(C)C2C3CCCCC3CCC21. The van der Waals surface area contributed by atoms with Crippen molar-refractivity contribution in [2.24, 2.45) is 46.3 Å². The van der Waals surface area contributed by atoms with Crippen LogP contribution in [0.25, 0.3) is 0 Å². The molecule has 6 aliphatic rings. The number of fused-ring (bicyclic) bond motifs is 6. The highest BCUT2D eigenvalue weighted by molar-refractivity contribution is 6.31. The van der Waals surface area contributed by atoms with E-state index in [0.29, 0.717) is 0 Å². The van der Waals surface area contributed by atoms with Crippen LogP contribution in [0.4, 0.5) is 0 Å². The average molecular weight is 648 g/mol. The van der Waals surface area contributed by atoms with Crippen molar-refractivity contribution >= 4 is 17.3 Å². The summed E-state index contributed by atoms with van der Waals surface area (Å²) in [7, 11) is 0. The van der Waals surface area contributed by atoms with Gasteiger partial charge < -0.3 is 4.90 Å². The minimum Gasteiger partial charge on any atom is -0.371 e. The molecule has 2 aliphatic heterocycles. The number of hydrogen-bond donors (Lipinski definition) is 0. The molecule has 1 saturated heterocycles. The standard InChI is InChI=1S/C43H68ClN2/c1-7-9-29-45-36-27-25-31-17-11-13-21-34(31)40(36)42(3,4)38(45)23-15-19-33(44)20-16-24-39-43(5,6)41-35-22-14-12-18-32(35)26-28-37(41)46(39)30-10-8-2/h15-16,19-20,23-24,31-32,34-37,40-41H,7-14,17-18,21-22,25-30H2,1-6H3/q+1. The highest BCUT2D eigenvalue weighted by atomic mass is 35.5. The smallest absolute Gasteiger partial charge is 0.182 e. The second kappa shape index (κ2) is 14.7. The van der Waals surface area contributed by atoms with E-state index in [4.69, 9.17) is 11.6 Å². The van der Waals surface area contributed by atoms with Crippen molar-refractivity contribution in [3.8, 4) is 0 Å². The highest BCUT2D eigenvalue weighted by Gasteiger charge is 2.60. The minimum atomic E-state index is 0.223. The highest BCUT2D eigenvalue weighted by Crippen LogP contribution is 2.59. The van der Waals surface area contributed by atoms with Crippen LogP contribution < -0.4 is 0 Å². The van der Waals surface area contributed by atoms with E-state index in [9.17, 15) is 0 Å². The van der Waals surface area contributed by atoms with E-state index >= 15 is 0 Å². The van der Waals surface area contributed by atoms with E-state index in [1.807, 2.05) is 0 Å². The van der Waals surface area contributed by atoms with E-state index in [0.717, 1.165) is 52.6 Å².